The summed E-state index contributed by atoms with van der Waals surface area (Å²) in [5.74, 6) is 1.31. The third-order valence-corrected chi connectivity index (χ3v) is 7.00. The molecule has 40 heavy (non-hydrogen) atoms. The number of benzene rings is 4. The second-order valence-electron chi connectivity index (χ2n) is 10.3. The third-order valence-electron chi connectivity index (χ3n) is 6.51. The molecule has 0 saturated carbocycles. The summed E-state index contributed by atoms with van der Waals surface area (Å²) in [5, 5.41) is 5.41. The van der Waals surface area contributed by atoms with Crippen molar-refractivity contribution >= 4 is 80.0 Å². The van der Waals surface area contributed by atoms with E-state index in [2.05, 4.69) is 169 Å². The van der Waals surface area contributed by atoms with Crippen LogP contribution in [-0.2, 0) is 13.1 Å². The van der Waals surface area contributed by atoms with Crippen LogP contribution in [0.4, 0.5) is 4.39 Å². The molecule has 7 heteroatoms. The Hall–Kier alpha value is -2.90. The molecule has 0 aliphatic rings. The zero-order chi connectivity index (χ0) is 29.9. The molecule has 4 aromatic carbocycles. The van der Waals surface area contributed by atoms with E-state index in [4.69, 9.17) is 1.37 Å². The summed E-state index contributed by atoms with van der Waals surface area (Å²) in [4.78, 5) is 0. The number of thiol groups is 1. The topological polar surface area (TPSA) is 22.2 Å². The number of nitrogens with zero attached hydrogens (tertiary/aromatic N) is 3. The van der Waals surface area contributed by atoms with E-state index in [9.17, 15) is 4.39 Å². The number of rotatable bonds is 4. The van der Waals surface area contributed by atoms with E-state index in [0.717, 1.165) is 17.6 Å². The van der Waals surface area contributed by atoms with Crippen LogP contribution in [0.15, 0.2) is 99.8 Å². The van der Waals surface area contributed by atoms with Gasteiger partial charge in [0, 0.05) is 61.2 Å². The van der Waals surface area contributed by atoms with Gasteiger partial charge in [0.25, 0.3) is 0 Å². The average Bonchev–Trinajstić information content (AvgIpc) is 3.42. The standard InChI is InChI=1S/C16H16BrN.C16H17N.CH3F.BHNS/c1-11(2)10-18-15-6-4-3-5-13(15)14-9-12(17)7-8-16(14)18;1-12(2)11-17-15-9-5-3-7-13(15)14-8-4-6-10-16(14)17;1-2;1-2-3/h3-9,11H,10H2,1-2H3;3-10,12H,11H2,1-2H3;1H3;3H/i;;1D;. The molecule has 0 fully saturated rings. The van der Waals surface area contributed by atoms with Gasteiger partial charge in [0.15, 0.2) is 0 Å². The van der Waals surface area contributed by atoms with Crippen molar-refractivity contribution in [1.29, 1.82) is 0 Å². The van der Waals surface area contributed by atoms with Crippen molar-refractivity contribution < 1.29 is 5.76 Å². The SMILES string of the molecule is CC(C)Cn1c2ccccc2c2cc(Br)ccc21.CC(C)Cn1c2ccccc2c2ccccc21.[2H]CF.[B]=NS. The molecule has 2 heterocycles. The molecule has 0 atom stereocenters. The maximum atomic E-state index is 9.96. The monoisotopic (exact) mass is 617 g/mol. The van der Waals surface area contributed by atoms with Gasteiger partial charge in [-0.3, -0.25) is 4.39 Å². The number of alkyl halides is 1. The Morgan fingerprint density at radius 3 is 1.43 bits per heavy atom. The number of hydrogen-bond acceptors (Lipinski definition) is 2. The Bertz CT molecular complexity index is 1660. The minimum absolute atomic E-state index is 0.646. The van der Waals surface area contributed by atoms with Crippen molar-refractivity contribution in [1.82, 2.24) is 9.13 Å². The van der Waals surface area contributed by atoms with E-state index in [-0.39, 0.29) is 0 Å². The molecular weight excluding hydrogens is 580 g/mol. The summed E-state index contributed by atoms with van der Waals surface area (Å²) in [6.45, 7) is 11.2. The summed E-state index contributed by atoms with van der Waals surface area (Å²) in [7, 11) is 3.34. The molecular formula is C33H37BBrFN3S. The molecule has 6 aromatic rings. The zero-order valence-electron chi connectivity index (χ0n) is 24.6. The number of fused-ring (bicyclic) bond motifs is 6. The van der Waals surface area contributed by atoms with Crippen LogP contribution in [0.25, 0.3) is 43.6 Å². The molecule has 1 radical (unpaired) electrons. The summed E-state index contributed by atoms with van der Waals surface area (Å²) in [6, 6.07) is 32.6. The molecule has 2 aromatic heterocycles. The van der Waals surface area contributed by atoms with Gasteiger partial charge in [-0.25, -0.2) is 0 Å². The first-order valence-electron chi connectivity index (χ1n) is 14.0. The Balaban J connectivity index is 0.000000190. The minimum atomic E-state index is -1.00. The second-order valence-corrected chi connectivity index (χ2v) is 11.5. The number of aromatic nitrogens is 2. The number of para-hydroxylation sites is 3. The van der Waals surface area contributed by atoms with Gasteiger partial charge in [0.2, 0.25) is 0 Å². The Kier molecular flexibility index (Phi) is 11.4. The quantitative estimate of drug-likeness (QED) is 0.150. The second kappa shape index (κ2) is 15.2. The van der Waals surface area contributed by atoms with Gasteiger partial charge in [-0.05, 0) is 48.2 Å². The number of halogens is 2. The molecule has 0 N–H and O–H groups in total. The first kappa shape index (κ1) is 30.1. The molecule has 6 rings (SSSR count). The summed E-state index contributed by atoms with van der Waals surface area (Å²) < 4.78 is 24.2. The van der Waals surface area contributed by atoms with Crippen molar-refractivity contribution in [2.45, 2.75) is 40.8 Å². The fraction of sp³-hybridized carbons (Fsp3) is 0.273. The fourth-order valence-corrected chi connectivity index (χ4v) is 5.51. The van der Waals surface area contributed by atoms with Gasteiger partial charge < -0.3 is 9.13 Å². The first-order chi connectivity index (χ1) is 19.8. The molecule has 0 amide bonds. The van der Waals surface area contributed by atoms with Gasteiger partial charge in [-0.2, -0.15) is 0 Å². The van der Waals surface area contributed by atoms with Gasteiger partial charge >= 0.3 is 24.8 Å². The predicted octanol–water partition coefficient (Wildman–Crippen LogP) is 10.4. The Morgan fingerprint density at radius 1 is 0.725 bits per heavy atom. The summed E-state index contributed by atoms with van der Waals surface area (Å²) in [5.41, 5.74) is 5.36. The third kappa shape index (κ3) is 7.24. The van der Waals surface area contributed by atoms with Gasteiger partial charge in [0.1, 0.15) is 0 Å². The molecule has 0 spiro atoms. The average molecular weight is 618 g/mol. The maximum absolute atomic E-state index is 9.96. The van der Waals surface area contributed by atoms with E-state index in [1.807, 2.05) is 0 Å². The van der Waals surface area contributed by atoms with E-state index < -0.39 is 7.15 Å². The molecule has 207 valence electrons. The van der Waals surface area contributed by atoms with Gasteiger partial charge in [0.05, 0.1) is 8.52 Å². The number of hydrogen-bond donors (Lipinski definition) is 1. The van der Waals surface area contributed by atoms with Crippen LogP contribution in [0.3, 0.4) is 0 Å². The van der Waals surface area contributed by atoms with Crippen molar-refractivity contribution in [3.8, 4) is 0 Å². The first-order valence-corrected chi connectivity index (χ1v) is 14.5. The summed E-state index contributed by atoms with van der Waals surface area (Å²) in [6.07, 6.45) is 0. The zero-order valence-corrected chi connectivity index (χ0v) is 26.0. The molecule has 0 aliphatic heterocycles. The van der Waals surface area contributed by atoms with Crippen LogP contribution in [0.1, 0.15) is 29.1 Å². The Morgan fingerprint density at radius 2 is 1.05 bits per heavy atom. The fourth-order valence-electron chi connectivity index (χ4n) is 5.15. The van der Waals surface area contributed by atoms with Crippen molar-refractivity contribution in [3.63, 3.8) is 0 Å². The molecule has 0 saturated heterocycles. The molecule has 0 bridgehead atoms. The van der Waals surface area contributed by atoms with E-state index in [1.54, 1.807) is 0 Å². The van der Waals surface area contributed by atoms with Crippen LogP contribution in [-0.4, -0.2) is 23.9 Å². The van der Waals surface area contributed by atoms with E-state index in [0.29, 0.717) is 11.8 Å². The van der Waals surface area contributed by atoms with E-state index >= 15 is 0 Å². The van der Waals surface area contributed by atoms with Crippen LogP contribution >= 0.6 is 28.7 Å². The molecule has 0 aliphatic carbocycles. The molecule has 3 nitrogen and oxygen atoms in total. The normalized spacial score (nSPS) is 11.1. The van der Waals surface area contributed by atoms with Gasteiger partial charge in [-0.15, -0.1) is 0 Å². The molecule has 0 unspecified atom stereocenters. The van der Waals surface area contributed by atoms with E-state index in [1.165, 1.54) is 43.6 Å². The van der Waals surface area contributed by atoms with Crippen molar-refractivity contribution in [2.75, 3.05) is 7.15 Å². The Labute approximate surface area is 253 Å². The van der Waals surface area contributed by atoms with Crippen molar-refractivity contribution in [3.05, 3.63) is 95.5 Å². The van der Waals surface area contributed by atoms with Crippen LogP contribution in [0.5, 0.6) is 0 Å². The van der Waals surface area contributed by atoms with Gasteiger partial charge in [-0.1, -0.05) is 98.2 Å². The van der Waals surface area contributed by atoms with Crippen LogP contribution in [0, 0.1) is 11.8 Å². The summed E-state index contributed by atoms with van der Waals surface area (Å²) >= 11 is 6.76. The van der Waals surface area contributed by atoms with Crippen LogP contribution in [0.2, 0.25) is 0 Å². The van der Waals surface area contributed by atoms with Crippen LogP contribution < -0.4 is 0 Å². The predicted molar refractivity (Wildman–Crippen MR) is 180 cm³/mol. The van der Waals surface area contributed by atoms with Crippen molar-refractivity contribution in [2.24, 2.45) is 16.1 Å².